The number of aromatic nitrogens is 3. The predicted octanol–water partition coefficient (Wildman–Crippen LogP) is -9.36. The third-order valence-corrected chi connectivity index (χ3v) is 9.20. The Bertz CT molecular complexity index is 2390. The van der Waals surface area contributed by atoms with E-state index in [1.807, 2.05) is 0 Å². The molecule has 21 nitrogen and oxygen atoms in total. The SMILES string of the molecule is Nc1c(S(=O)(=O)[O-])cc2cc(SOO[O-])cc(O)c2c1N=Nc1cc(Nc2nc(F)nc(Nc3ccccc3S(=O)(=O)[O-])n2)ccc1SOO[O-].[Li+].[Li+].[Li+].[Li+]. The second-order valence-corrected chi connectivity index (χ2v) is 13.6. The standard InChI is InChI=1S/C25H19FN8O13S4.4Li/c26-23-30-24(32-25(31-23)29-14-3-1-2-4-18(14)50(38,39)40)28-12-5-6-17(49-47-45-37)15(9-12)33-34-22-20-11(8-19(21(22)27)51(41,42)43)7-13(10-16(20)35)48-46-44-36;;;;/h1-10,35-37H,27H2,(H,38,39,40)(H,41,42,43)(H2,28,29,30,31,32);;;;/q;4*+1/p-4. The van der Waals surface area contributed by atoms with E-state index in [9.17, 15) is 46.0 Å². The van der Waals surface area contributed by atoms with Crippen LogP contribution < -0.4 is 102 Å². The van der Waals surface area contributed by atoms with Crippen LogP contribution in [0.1, 0.15) is 0 Å². The van der Waals surface area contributed by atoms with Gasteiger partial charge in [-0.05, 0) is 53.9 Å². The quantitative estimate of drug-likeness (QED) is 0.0154. The molecule has 1 aromatic heterocycles. The number of rotatable bonds is 14. The van der Waals surface area contributed by atoms with Gasteiger partial charge in [-0.3, -0.25) is 10.1 Å². The molecule has 55 heavy (non-hydrogen) atoms. The molecule has 0 fully saturated rings. The first kappa shape index (κ1) is 50.6. The molecule has 30 heteroatoms. The summed E-state index contributed by atoms with van der Waals surface area (Å²) in [6.07, 6.45) is -1.32. The molecule has 5 rings (SSSR count). The van der Waals surface area contributed by atoms with Gasteiger partial charge >= 0.3 is 81.5 Å². The van der Waals surface area contributed by atoms with Gasteiger partial charge < -0.3 is 41.1 Å². The molecule has 268 valence electrons. The first-order valence-corrected chi connectivity index (χ1v) is 17.4. The molecule has 0 bridgehead atoms. The minimum absolute atomic E-state index is 0. The van der Waals surface area contributed by atoms with E-state index in [1.54, 1.807) is 0 Å². The average molecular weight is 810 g/mol. The number of anilines is 5. The van der Waals surface area contributed by atoms with Crippen LogP contribution in [0.3, 0.4) is 0 Å². The molecule has 4 aromatic carbocycles. The number of phenolic OH excluding ortho intramolecular Hbond substituents is 1. The molecule has 0 atom stereocenters. The Morgan fingerprint density at radius 1 is 0.782 bits per heavy atom. The van der Waals surface area contributed by atoms with Crippen LogP contribution in [0.4, 0.5) is 44.7 Å². The molecule has 0 aliphatic heterocycles. The van der Waals surface area contributed by atoms with Crippen LogP contribution >= 0.6 is 24.1 Å². The fourth-order valence-corrected chi connectivity index (χ4v) is 6.40. The van der Waals surface area contributed by atoms with Crippen LogP contribution in [-0.2, 0) is 39.0 Å². The number of aromatic hydroxyl groups is 1. The average Bonchev–Trinajstić information content (AvgIpc) is 3.05. The number of para-hydroxylation sites is 1. The summed E-state index contributed by atoms with van der Waals surface area (Å²) in [7, 11) is -10.2. The maximum atomic E-state index is 14.4. The van der Waals surface area contributed by atoms with Crippen molar-refractivity contribution in [1.29, 1.82) is 0 Å². The van der Waals surface area contributed by atoms with Crippen LogP contribution in [0, 0.1) is 6.08 Å². The van der Waals surface area contributed by atoms with Crippen molar-refractivity contribution in [2.75, 3.05) is 16.4 Å². The molecule has 0 spiro atoms. The summed E-state index contributed by atoms with van der Waals surface area (Å²) in [4.78, 5) is 9.41. The number of hydrogen-bond donors (Lipinski definition) is 4. The van der Waals surface area contributed by atoms with E-state index in [-0.39, 0.29) is 113 Å². The zero-order chi connectivity index (χ0) is 36.9. The van der Waals surface area contributed by atoms with Crippen molar-refractivity contribution in [3.05, 3.63) is 66.7 Å². The molecule has 0 saturated carbocycles. The van der Waals surface area contributed by atoms with Crippen molar-refractivity contribution in [2.24, 2.45) is 10.2 Å². The predicted molar refractivity (Wildman–Crippen MR) is 165 cm³/mol. The zero-order valence-electron chi connectivity index (χ0n) is 28.4. The number of benzene rings is 4. The monoisotopic (exact) mass is 810 g/mol. The van der Waals surface area contributed by atoms with Crippen LogP contribution in [0.15, 0.2) is 90.5 Å². The topological polar surface area (TPSA) is 331 Å². The minimum atomic E-state index is -5.23. The number of halogens is 1. The minimum Gasteiger partial charge on any atom is -0.744 e. The van der Waals surface area contributed by atoms with Gasteiger partial charge in [-0.15, -0.1) is 10.2 Å². The Hall–Kier alpha value is -2.45. The zero-order valence-corrected chi connectivity index (χ0v) is 31.7. The molecular weight excluding hydrogens is 795 g/mol. The van der Waals surface area contributed by atoms with Gasteiger partial charge in [0.15, 0.2) is 0 Å². The molecule has 5 aromatic rings. The van der Waals surface area contributed by atoms with Crippen LogP contribution in [0.25, 0.3) is 10.8 Å². The maximum Gasteiger partial charge on any atom is 1.00 e. The van der Waals surface area contributed by atoms with E-state index in [4.69, 9.17) is 5.73 Å². The third-order valence-electron chi connectivity index (χ3n) is 6.23. The summed E-state index contributed by atoms with van der Waals surface area (Å²) in [5, 5.41) is 51.0. The number of nitrogen functional groups attached to an aromatic ring is 1. The second kappa shape index (κ2) is 21.9. The molecular formula is C25H15FLi4N8O13S4. The molecule has 0 aliphatic rings. The first-order valence-electron chi connectivity index (χ1n) is 13.1. The number of hydrogen-bond acceptors (Lipinski definition) is 23. The summed E-state index contributed by atoms with van der Waals surface area (Å²) >= 11 is 0.703. The molecule has 0 aliphatic carbocycles. The van der Waals surface area contributed by atoms with Gasteiger partial charge in [0.2, 0.25) is 11.9 Å². The van der Waals surface area contributed by atoms with E-state index in [2.05, 4.69) is 54.6 Å². The number of nitrogens with two attached hydrogens (primary N) is 1. The van der Waals surface area contributed by atoms with Crippen LogP contribution in [0.2, 0.25) is 0 Å². The van der Waals surface area contributed by atoms with Crippen molar-refractivity contribution in [1.82, 2.24) is 15.0 Å². The summed E-state index contributed by atoms with van der Waals surface area (Å²) in [5.41, 5.74) is 4.45. The van der Waals surface area contributed by atoms with Gasteiger partial charge in [0.1, 0.15) is 37.4 Å². The fourth-order valence-electron chi connectivity index (χ4n) is 4.27. The van der Waals surface area contributed by atoms with Crippen LogP contribution in [0.5, 0.6) is 5.75 Å². The van der Waals surface area contributed by atoms with Crippen molar-refractivity contribution in [3.8, 4) is 5.75 Å². The van der Waals surface area contributed by atoms with Gasteiger partial charge in [0.05, 0.1) is 55.5 Å². The van der Waals surface area contributed by atoms with E-state index in [1.165, 1.54) is 42.5 Å². The van der Waals surface area contributed by atoms with Gasteiger partial charge in [0.25, 0.3) is 0 Å². The molecule has 1 heterocycles. The maximum absolute atomic E-state index is 14.4. The summed E-state index contributed by atoms with van der Waals surface area (Å²) in [5.74, 6) is -1.51. The first-order chi connectivity index (χ1) is 24.2. The largest absolute Gasteiger partial charge is 1.00 e. The van der Waals surface area contributed by atoms with Gasteiger partial charge in [-0.25, -0.2) is 16.8 Å². The Balaban J connectivity index is 0.00000378. The smallest absolute Gasteiger partial charge is 0.744 e. The Labute approximate surface area is 366 Å². The van der Waals surface area contributed by atoms with Gasteiger partial charge in [-0.1, -0.05) is 12.1 Å². The number of fused-ring (bicyclic) bond motifs is 1. The summed E-state index contributed by atoms with van der Waals surface area (Å²) < 4.78 is 94.0. The van der Waals surface area contributed by atoms with Crippen molar-refractivity contribution in [2.45, 2.75) is 19.6 Å². The normalized spacial score (nSPS) is 11.2. The Kier molecular flexibility index (Phi) is 20.1. The van der Waals surface area contributed by atoms with E-state index >= 15 is 0 Å². The van der Waals surface area contributed by atoms with Gasteiger partial charge in [-0.2, -0.15) is 28.0 Å². The van der Waals surface area contributed by atoms with E-state index < -0.39 is 65.1 Å². The number of nitrogens with one attached hydrogen (secondary N) is 2. The molecule has 0 saturated heterocycles. The van der Waals surface area contributed by atoms with Crippen LogP contribution in [-0.4, -0.2) is 46.0 Å². The molecule has 0 unspecified atom stereocenters. The van der Waals surface area contributed by atoms with Crippen molar-refractivity contribution < 1.29 is 140 Å². The Morgan fingerprint density at radius 2 is 1.40 bits per heavy atom. The summed E-state index contributed by atoms with van der Waals surface area (Å²) in [6.45, 7) is 0. The van der Waals surface area contributed by atoms with E-state index in [0.717, 1.165) is 18.2 Å². The summed E-state index contributed by atoms with van der Waals surface area (Å²) in [6, 6.07) is 11.9. The second-order valence-electron chi connectivity index (χ2n) is 9.40. The van der Waals surface area contributed by atoms with Gasteiger partial charge in [0, 0.05) is 10.6 Å². The number of nitrogens with zero attached hydrogens (tertiary/aromatic N) is 5. The van der Waals surface area contributed by atoms with E-state index in [0.29, 0.717) is 24.1 Å². The number of azo groups is 1. The Morgan fingerprint density at radius 3 is 2.04 bits per heavy atom. The van der Waals surface area contributed by atoms with Crippen molar-refractivity contribution >= 4 is 95.4 Å². The third kappa shape index (κ3) is 13.0. The molecule has 0 amide bonds. The molecule has 5 N–H and O–H groups in total. The van der Waals surface area contributed by atoms with Crippen molar-refractivity contribution in [3.63, 3.8) is 0 Å². The number of phenols is 1. The fraction of sp³-hybridized carbons (Fsp3) is 0. The molecule has 0 radical (unpaired) electrons.